The molecule has 0 saturated carbocycles. The fourth-order valence-electron chi connectivity index (χ4n) is 1.78. The molecule has 5 heteroatoms. The molecule has 0 unspecified atom stereocenters. The fourth-order valence-corrected chi connectivity index (χ4v) is 2.16. The number of carbonyl (C=O) groups excluding carboxylic acids is 1. The molecular weight excluding hydrogens is 332 g/mol. The molecule has 0 atom stereocenters. The van der Waals surface area contributed by atoms with Crippen molar-refractivity contribution in [2.24, 2.45) is 5.10 Å². The van der Waals surface area contributed by atoms with Gasteiger partial charge in [-0.2, -0.15) is 5.10 Å². The summed E-state index contributed by atoms with van der Waals surface area (Å²) in [6, 6.07) is 11.7. The molecule has 21 heavy (non-hydrogen) atoms. The summed E-state index contributed by atoms with van der Waals surface area (Å²) < 4.78 is 6.50. The molecule has 0 bridgehead atoms. The third-order valence-electron chi connectivity index (χ3n) is 2.84. The Kier molecular flexibility index (Phi) is 5.75. The van der Waals surface area contributed by atoms with E-state index < -0.39 is 0 Å². The smallest absolute Gasteiger partial charge is 0.277 e. The van der Waals surface area contributed by atoms with Gasteiger partial charge in [-0.15, -0.1) is 0 Å². The van der Waals surface area contributed by atoms with Crippen LogP contribution in [0.2, 0.25) is 0 Å². The molecule has 2 aromatic carbocycles. The van der Waals surface area contributed by atoms with E-state index in [-0.39, 0.29) is 12.5 Å². The Bertz CT molecular complexity index is 656. The molecule has 0 aliphatic carbocycles. The zero-order chi connectivity index (χ0) is 15.1. The number of halogens is 1. The number of benzene rings is 2. The molecule has 0 saturated heterocycles. The quantitative estimate of drug-likeness (QED) is 0.636. The predicted molar refractivity (Wildman–Crippen MR) is 88.7 cm³/mol. The lowest BCUT2D eigenvalue weighted by molar-refractivity contribution is -0.123. The summed E-state index contributed by atoms with van der Waals surface area (Å²) in [6.07, 6.45) is 3.54. The maximum absolute atomic E-state index is 11.5. The molecule has 2 aromatic rings. The van der Waals surface area contributed by atoms with Crippen LogP contribution in [-0.2, 0) is 4.79 Å². The molecule has 0 spiro atoms. The van der Waals surface area contributed by atoms with Gasteiger partial charge in [0.25, 0.3) is 5.91 Å². The number of nitrogens with one attached hydrogen (secondary N) is 1. The summed E-state index contributed by atoms with van der Waals surface area (Å²) in [4.78, 5) is 11.5. The van der Waals surface area contributed by atoms with Crippen molar-refractivity contribution in [3.8, 4) is 5.75 Å². The number of hydrazone groups is 1. The number of nitrogens with zero attached hydrogens (tertiary/aromatic N) is 1. The van der Waals surface area contributed by atoms with Crippen molar-refractivity contribution in [2.75, 3.05) is 6.61 Å². The minimum atomic E-state index is -0.266. The highest BCUT2D eigenvalue weighted by molar-refractivity contribution is 9.10. The van der Waals surface area contributed by atoms with Crippen molar-refractivity contribution >= 4 is 38.8 Å². The summed E-state index contributed by atoms with van der Waals surface area (Å²) >= 11 is 3.44. The van der Waals surface area contributed by atoms with Crippen molar-refractivity contribution in [2.45, 2.75) is 19.8 Å². The number of amides is 1. The Morgan fingerprint density at radius 2 is 2.05 bits per heavy atom. The van der Waals surface area contributed by atoms with Crippen LogP contribution in [0.3, 0.4) is 0 Å². The van der Waals surface area contributed by atoms with Gasteiger partial charge in [0.15, 0.2) is 6.61 Å². The average Bonchev–Trinajstić information content (AvgIpc) is 2.49. The molecule has 1 N–H and O–H groups in total. The van der Waals surface area contributed by atoms with E-state index in [2.05, 4.69) is 33.4 Å². The summed E-state index contributed by atoms with van der Waals surface area (Å²) in [5.74, 6) is 0.399. The summed E-state index contributed by atoms with van der Waals surface area (Å²) in [7, 11) is 0. The van der Waals surface area contributed by atoms with E-state index in [4.69, 9.17) is 4.74 Å². The fraction of sp³-hybridized carbons (Fsp3) is 0.250. The Morgan fingerprint density at radius 1 is 1.29 bits per heavy atom. The van der Waals surface area contributed by atoms with E-state index >= 15 is 0 Å². The first-order chi connectivity index (χ1) is 10.2. The minimum Gasteiger partial charge on any atom is -0.484 e. The second kappa shape index (κ2) is 7.78. The van der Waals surface area contributed by atoms with E-state index in [1.165, 1.54) is 0 Å². The largest absolute Gasteiger partial charge is 0.484 e. The highest BCUT2D eigenvalue weighted by atomic mass is 79.9. The molecule has 0 heterocycles. The van der Waals surface area contributed by atoms with Gasteiger partial charge in [0.05, 0.1) is 0 Å². The number of rotatable bonds is 6. The molecule has 4 nitrogen and oxygen atoms in total. The summed E-state index contributed by atoms with van der Waals surface area (Å²) in [6.45, 7) is 2.00. The van der Waals surface area contributed by atoms with Gasteiger partial charge in [-0.1, -0.05) is 41.4 Å². The number of hydrogen-bond donors (Lipinski definition) is 1. The van der Waals surface area contributed by atoms with E-state index in [0.29, 0.717) is 5.75 Å². The zero-order valence-electron chi connectivity index (χ0n) is 11.8. The first-order valence-corrected chi connectivity index (χ1v) is 7.61. The first-order valence-electron chi connectivity index (χ1n) is 6.81. The van der Waals surface area contributed by atoms with Crippen LogP contribution in [0.5, 0.6) is 5.75 Å². The van der Waals surface area contributed by atoms with Crippen LogP contribution in [0.4, 0.5) is 0 Å². The van der Waals surface area contributed by atoms with E-state index in [9.17, 15) is 4.79 Å². The number of hydrogen-bond acceptors (Lipinski definition) is 3. The summed E-state index contributed by atoms with van der Waals surface area (Å²) in [5, 5.41) is 6.01. The monoisotopic (exact) mass is 348 g/mol. The number of fused-ring (bicyclic) bond motifs is 1. The Morgan fingerprint density at radius 3 is 2.86 bits per heavy atom. The second-order valence-electron chi connectivity index (χ2n) is 4.58. The first kappa shape index (κ1) is 15.5. The molecule has 110 valence electrons. The van der Waals surface area contributed by atoms with Crippen molar-refractivity contribution in [1.82, 2.24) is 5.43 Å². The normalized spacial score (nSPS) is 11.0. The van der Waals surface area contributed by atoms with Crippen LogP contribution in [-0.4, -0.2) is 18.7 Å². The molecule has 1 amide bonds. The molecule has 0 aliphatic rings. The number of ether oxygens (including phenoxy) is 1. The van der Waals surface area contributed by atoms with Crippen LogP contribution < -0.4 is 10.2 Å². The lowest BCUT2D eigenvalue weighted by Crippen LogP contribution is -2.24. The zero-order valence-corrected chi connectivity index (χ0v) is 13.4. The number of carbonyl (C=O) groups is 1. The molecule has 0 aromatic heterocycles. The van der Waals surface area contributed by atoms with Gasteiger partial charge < -0.3 is 4.74 Å². The topological polar surface area (TPSA) is 50.7 Å². The van der Waals surface area contributed by atoms with Crippen molar-refractivity contribution in [1.29, 1.82) is 0 Å². The third kappa shape index (κ3) is 4.86. The van der Waals surface area contributed by atoms with E-state index in [1.54, 1.807) is 6.21 Å². The van der Waals surface area contributed by atoms with Gasteiger partial charge in [0, 0.05) is 10.7 Å². The Hall–Kier alpha value is -1.88. The van der Waals surface area contributed by atoms with Crippen LogP contribution in [0.1, 0.15) is 19.8 Å². The number of unbranched alkanes of at least 4 members (excludes halogenated alkanes) is 1. The molecule has 0 radical (unpaired) electrons. The highest BCUT2D eigenvalue weighted by Crippen LogP contribution is 2.23. The third-order valence-corrected chi connectivity index (χ3v) is 3.34. The highest BCUT2D eigenvalue weighted by Gasteiger charge is 2.02. The predicted octanol–water partition coefficient (Wildman–Crippen LogP) is 3.88. The van der Waals surface area contributed by atoms with Crippen LogP contribution in [0.25, 0.3) is 10.8 Å². The SMILES string of the molecule is CCCC=NNC(=O)COc1ccc2cc(Br)ccc2c1. The van der Waals surface area contributed by atoms with Gasteiger partial charge in [-0.05, 0) is 41.5 Å². The van der Waals surface area contributed by atoms with Crippen LogP contribution in [0.15, 0.2) is 46.0 Å². The maximum Gasteiger partial charge on any atom is 0.277 e. The molecule has 2 rings (SSSR count). The molecular formula is C16H17BrN2O2. The second-order valence-corrected chi connectivity index (χ2v) is 5.49. The van der Waals surface area contributed by atoms with Crippen molar-refractivity contribution in [3.63, 3.8) is 0 Å². The van der Waals surface area contributed by atoms with Crippen molar-refractivity contribution in [3.05, 3.63) is 40.9 Å². The Balaban J connectivity index is 1.91. The van der Waals surface area contributed by atoms with Gasteiger partial charge in [-0.3, -0.25) is 4.79 Å². The van der Waals surface area contributed by atoms with Gasteiger partial charge in [-0.25, -0.2) is 5.43 Å². The maximum atomic E-state index is 11.5. The minimum absolute atomic E-state index is 0.0501. The Labute approximate surface area is 132 Å². The lowest BCUT2D eigenvalue weighted by atomic mass is 10.1. The van der Waals surface area contributed by atoms with Gasteiger partial charge in [0.1, 0.15) is 5.75 Å². The van der Waals surface area contributed by atoms with E-state index in [1.807, 2.05) is 36.4 Å². The lowest BCUT2D eigenvalue weighted by Gasteiger charge is -2.06. The summed E-state index contributed by atoms with van der Waals surface area (Å²) in [5.41, 5.74) is 2.43. The molecule has 0 aliphatic heterocycles. The van der Waals surface area contributed by atoms with E-state index in [0.717, 1.165) is 28.1 Å². The van der Waals surface area contributed by atoms with Crippen molar-refractivity contribution < 1.29 is 9.53 Å². The molecule has 0 fully saturated rings. The van der Waals surface area contributed by atoms with Gasteiger partial charge in [0.2, 0.25) is 0 Å². The van der Waals surface area contributed by atoms with Crippen LogP contribution >= 0.6 is 15.9 Å². The average molecular weight is 349 g/mol. The standard InChI is InChI=1S/C16H17BrN2O2/c1-2-3-8-18-19-16(20)11-21-15-7-5-12-9-14(17)6-4-13(12)10-15/h4-10H,2-3,11H2,1H3,(H,19,20). The van der Waals surface area contributed by atoms with Gasteiger partial charge >= 0.3 is 0 Å². The van der Waals surface area contributed by atoms with Crippen LogP contribution in [0, 0.1) is 0 Å².